The molecule has 3 aliphatic carbocycles. The van der Waals surface area contributed by atoms with Gasteiger partial charge in [0.2, 0.25) is 0 Å². The van der Waals surface area contributed by atoms with Crippen molar-refractivity contribution in [1.29, 1.82) is 0 Å². The van der Waals surface area contributed by atoms with Crippen molar-refractivity contribution in [3.8, 4) is 0 Å². The van der Waals surface area contributed by atoms with Crippen LogP contribution < -0.4 is 0 Å². The lowest BCUT2D eigenvalue weighted by Crippen LogP contribution is -2.47. The van der Waals surface area contributed by atoms with E-state index in [9.17, 15) is 9.59 Å². The van der Waals surface area contributed by atoms with E-state index in [1.54, 1.807) is 6.92 Å². The summed E-state index contributed by atoms with van der Waals surface area (Å²) >= 11 is 0. The molecule has 0 aromatic heterocycles. The fraction of sp³-hybridized carbons (Fsp3) is 0.778. The van der Waals surface area contributed by atoms with Gasteiger partial charge >= 0.3 is 11.9 Å². The summed E-state index contributed by atoms with van der Waals surface area (Å²) in [5.41, 5.74) is 0.202. The molecule has 0 heterocycles. The van der Waals surface area contributed by atoms with E-state index in [0.29, 0.717) is 5.41 Å². The molecule has 0 saturated heterocycles. The second kappa shape index (κ2) is 6.84. The van der Waals surface area contributed by atoms with Gasteiger partial charge in [-0.15, -0.1) is 0 Å². The molecule has 0 aliphatic heterocycles. The summed E-state index contributed by atoms with van der Waals surface area (Å²) in [7, 11) is 0. The summed E-state index contributed by atoms with van der Waals surface area (Å²) in [4.78, 5) is 23.6. The molecule has 3 fully saturated rings. The quantitative estimate of drug-likeness (QED) is 0.530. The number of hydrogen-bond donors (Lipinski definition) is 0. The minimum absolute atomic E-state index is 0.0897. The normalized spacial score (nSPS) is 31.4. The van der Waals surface area contributed by atoms with Crippen molar-refractivity contribution in [3.63, 3.8) is 0 Å². The standard InChI is InChI=1S/C18H28O4/c1-4-6-17-7-10-18(11-8-17,12-9-17)16(20)22-14(3)13-21-15(19)5-2/h5,14H,2,4,6-13H2,1,3H3. The largest absolute Gasteiger partial charge is 0.459 e. The van der Waals surface area contributed by atoms with Gasteiger partial charge in [0.25, 0.3) is 0 Å². The second-order valence-corrected chi connectivity index (χ2v) is 7.08. The zero-order valence-electron chi connectivity index (χ0n) is 13.9. The third-order valence-electron chi connectivity index (χ3n) is 5.55. The molecule has 3 rings (SSSR count). The van der Waals surface area contributed by atoms with Crippen LogP contribution in [0.2, 0.25) is 0 Å². The van der Waals surface area contributed by atoms with Crippen molar-refractivity contribution in [2.45, 2.75) is 71.3 Å². The fourth-order valence-corrected chi connectivity index (χ4v) is 4.08. The zero-order valence-corrected chi connectivity index (χ0v) is 13.9. The van der Waals surface area contributed by atoms with E-state index in [-0.39, 0.29) is 18.0 Å². The molecular weight excluding hydrogens is 280 g/mol. The van der Waals surface area contributed by atoms with Gasteiger partial charge < -0.3 is 9.47 Å². The number of carbonyl (C=O) groups is 2. The van der Waals surface area contributed by atoms with Crippen LogP contribution in [0.5, 0.6) is 0 Å². The monoisotopic (exact) mass is 308 g/mol. The van der Waals surface area contributed by atoms with Gasteiger partial charge in [-0.1, -0.05) is 19.9 Å². The van der Waals surface area contributed by atoms with Crippen LogP contribution in [0.1, 0.15) is 65.2 Å². The number of fused-ring (bicyclic) bond motifs is 3. The van der Waals surface area contributed by atoms with Crippen LogP contribution in [-0.4, -0.2) is 24.6 Å². The lowest BCUT2D eigenvalue weighted by Gasteiger charge is -2.52. The minimum atomic E-state index is -0.485. The van der Waals surface area contributed by atoms with Crippen molar-refractivity contribution in [3.05, 3.63) is 12.7 Å². The summed E-state index contributed by atoms with van der Waals surface area (Å²) in [5.74, 6) is -0.583. The van der Waals surface area contributed by atoms with Gasteiger partial charge in [-0.05, 0) is 57.3 Å². The Morgan fingerprint density at radius 2 is 1.77 bits per heavy atom. The number of rotatable bonds is 7. The van der Waals surface area contributed by atoms with Gasteiger partial charge in [-0.2, -0.15) is 0 Å². The predicted octanol–water partition coefficient (Wildman–Crippen LogP) is 3.79. The van der Waals surface area contributed by atoms with Crippen molar-refractivity contribution in [2.75, 3.05) is 6.61 Å². The van der Waals surface area contributed by atoms with Crippen LogP contribution in [0.25, 0.3) is 0 Å². The van der Waals surface area contributed by atoms with Gasteiger partial charge in [0.1, 0.15) is 12.7 Å². The SMILES string of the molecule is C=CC(=O)OCC(C)OC(=O)C12CCC(CCC)(CC1)CC2. The molecule has 4 nitrogen and oxygen atoms in total. The van der Waals surface area contributed by atoms with Crippen LogP contribution in [0, 0.1) is 10.8 Å². The molecular formula is C18H28O4. The van der Waals surface area contributed by atoms with Crippen LogP contribution >= 0.6 is 0 Å². The number of ether oxygens (including phenoxy) is 2. The molecule has 124 valence electrons. The van der Waals surface area contributed by atoms with E-state index in [2.05, 4.69) is 13.5 Å². The topological polar surface area (TPSA) is 52.6 Å². The number of esters is 2. The summed E-state index contributed by atoms with van der Waals surface area (Å²) in [6.45, 7) is 7.44. The smallest absolute Gasteiger partial charge is 0.330 e. The van der Waals surface area contributed by atoms with E-state index in [4.69, 9.17) is 9.47 Å². The summed E-state index contributed by atoms with van der Waals surface area (Å²) in [6.07, 6.45) is 9.51. The second-order valence-electron chi connectivity index (χ2n) is 7.08. The average Bonchev–Trinajstić information content (AvgIpc) is 2.54. The molecule has 3 aliphatic rings. The first-order valence-electron chi connectivity index (χ1n) is 8.46. The average molecular weight is 308 g/mol. The summed E-state index contributed by atoms with van der Waals surface area (Å²) in [5, 5.41) is 0. The van der Waals surface area contributed by atoms with Crippen molar-refractivity contribution in [2.24, 2.45) is 10.8 Å². The molecule has 0 spiro atoms. The van der Waals surface area contributed by atoms with Gasteiger partial charge in [0.15, 0.2) is 0 Å². The van der Waals surface area contributed by atoms with Crippen LogP contribution in [-0.2, 0) is 19.1 Å². The summed E-state index contributed by atoms with van der Waals surface area (Å²) in [6, 6.07) is 0. The van der Waals surface area contributed by atoms with Crippen LogP contribution in [0.3, 0.4) is 0 Å². The Labute approximate surface area is 133 Å². The maximum absolute atomic E-state index is 12.6. The zero-order chi connectivity index (χ0) is 16.2. The Kier molecular flexibility index (Phi) is 5.30. The Morgan fingerprint density at radius 3 is 2.27 bits per heavy atom. The first-order valence-corrected chi connectivity index (χ1v) is 8.46. The maximum atomic E-state index is 12.6. The van der Waals surface area contributed by atoms with Crippen molar-refractivity contribution >= 4 is 11.9 Å². The van der Waals surface area contributed by atoms with Crippen molar-refractivity contribution in [1.82, 2.24) is 0 Å². The number of hydrogen-bond acceptors (Lipinski definition) is 4. The minimum Gasteiger partial charge on any atom is -0.459 e. The summed E-state index contributed by atoms with van der Waals surface area (Å²) < 4.78 is 10.5. The van der Waals surface area contributed by atoms with Crippen molar-refractivity contribution < 1.29 is 19.1 Å². The van der Waals surface area contributed by atoms with E-state index < -0.39 is 12.1 Å². The molecule has 3 saturated carbocycles. The van der Waals surface area contributed by atoms with Crippen LogP contribution in [0.15, 0.2) is 12.7 Å². The Morgan fingerprint density at radius 1 is 1.18 bits per heavy atom. The molecule has 22 heavy (non-hydrogen) atoms. The molecule has 0 N–H and O–H groups in total. The molecule has 0 aromatic carbocycles. The van der Waals surface area contributed by atoms with Gasteiger partial charge in [0, 0.05) is 6.08 Å². The third-order valence-corrected chi connectivity index (χ3v) is 5.55. The number of carbonyl (C=O) groups excluding carboxylic acids is 2. The first kappa shape index (κ1) is 17.0. The Bertz CT molecular complexity index is 416. The highest BCUT2D eigenvalue weighted by molar-refractivity contribution is 5.81. The third kappa shape index (κ3) is 3.53. The van der Waals surface area contributed by atoms with E-state index in [1.807, 2.05) is 0 Å². The molecule has 4 heteroatoms. The predicted molar refractivity (Wildman–Crippen MR) is 84.2 cm³/mol. The lowest BCUT2D eigenvalue weighted by molar-refractivity contribution is -0.175. The highest BCUT2D eigenvalue weighted by Gasteiger charge is 2.52. The molecule has 0 radical (unpaired) electrons. The van der Waals surface area contributed by atoms with E-state index in [1.165, 1.54) is 12.8 Å². The molecule has 0 amide bonds. The highest BCUT2D eigenvalue weighted by Crippen LogP contribution is 2.59. The lowest BCUT2D eigenvalue weighted by atomic mass is 9.52. The van der Waals surface area contributed by atoms with E-state index in [0.717, 1.165) is 44.6 Å². The fourth-order valence-electron chi connectivity index (χ4n) is 4.08. The van der Waals surface area contributed by atoms with Crippen LogP contribution in [0.4, 0.5) is 0 Å². The molecule has 2 bridgehead atoms. The Hall–Kier alpha value is -1.32. The van der Waals surface area contributed by atoms with Gasteiger partial charge in [-0.3, -0.25) is 4.79 Å². The first-order chi connectivity index (χ1) is 10.5. The van der Waals surface area contributed by atoms with Gasteiger partial charge in [-0.25, -0.2) is 4.79 Å². The van der Waals surface area contributed by atoms with Gasteiger partial charge in [0.05, 0.1) is 5.41 Å². The highest BCUT2D eigenvalue weighted by atomic mass is 16.6. The molecule has 0 aromatic rings. The molecule has 1 atom stereocenters. The van der Waals surface area contributed by atoms with E-state index >= 15 is 0 Å². The molecule has 1 unspecified atom stereocenters. The maximum Gasteiger partial charge on any atom is 0.330 e. The Balaban J connectivity index is 1.86.